The Hall–Kier alpha value is -3.87. The smallest absolute Gasteiger partial charge is 0.291 e. The van der Waals surface area contributed by atoms with E-state index in [9.17, 15) is 14.4 Å². The lowest BCUT2D eigenvalue weighted by Crippen LogP contribution is -2.25. The van der Waals surface area contributed by atoms with Crippen LogP contribution in [0.1, 0.15) is 26.7 Å². The molecule has 0 spiro atoms. The second-order valence-corrected chi connectivity index (χ2v) is 5.93. The van der Waals surface area contributed by atoms with Crippen molar-refractivity contribution >= 4 is 17.5 Å². The van der Waals surface area contributed by atoms with Crippen molar-refractivity contribution < 1.29 is 14.0 Å². The van der Waals surface area contributed by atoms with Crippen LogP contribution in [0.4, 0.5) is 5.69 Å². The largest absolute Gasteiger partial charge is 0.454 e. The number of nitrogens with zero attached hydrogens (tertiary/aromatic N) is 1. The summed E-state index contributed by atoms with van der Waals surface area (Å²) in [4.78, 5) is 36.5. The topological polar surface area (TPSA) is 93.3 Å². The van der Waals surface area contributed by atoms with Crippen LogP contribution in [0.15, 0.2) is 82.7 Å². The summed E-state index contributed by atoms with van der Waals surface area (Å²) in [7, 11) is 0. The molecular weight excluding hydrogens is 358 g/mol. The first-order valence-corrected chi connectivity index (χ1v) is 8.62. The van der Waals surface area contributed by atoms with E-state index in [-0.39, 0.29) is 23.8 Å². The second kappa shape index (κ2) is 8.68. The van der Waals surface area contributed by atoms with Gasteiger partial charge >= 0.3 is 0 Å². The molecule has 1 aromatic carbocycles. The molecule has 2 aromatic heterocycles. The third-order valence-electron chi connectivity index (χ3n) is 3.94. The molecule has 0 fully saturated rings. The molecule has 28 heavy (non-hydrogen) atoms. The fourth-order valence-corrected chi connectivity index (χ4v) is 2.58. The van der Waals surface area contributed by atoms with Gasteiger partial charge in [-0.3, -0.25) is 14.4 Å². The fraction of sp³-hybridized carbons (Fsp3) is 0.0952. The van der Waals surface area contributed by atoms with Crippen molar-refractivity contribution in [1.82, 2.24) is 9.88 Å². The van der Waals surface area contributed by atoms with Crippen molar-refractivity contribution in [2.24, 2.45) is 0 Å². The first-order chi connectivity index (χ1) is 13.6. The Kier molecular flexibility index (Phi) is 5.86. The van der Waals surface area contributed by atoms with Gasteiger partial charge in [0.1, 0.15) is 5.76 Å². The zero-order valence-electron chi connectivity index (χ0n) is 15.1. The van der Waals surface area contributed by atoms with E-state index in [2.05, 4.69) is 17.2 Å². The lowest BCUT2D eigenvalue weighted by Gasteiger charge is -2.10. The summed E-state index contributed by atoms with van der Waals surface area (Å²) in [5.74, 6) is -0.259. The van der Waals surface area contributed by atoms with Crippen molar-refractivity contribution in [2.75, 3.05) is 11.9 Å². The lowest BCUT2D eigenvalue weighted by atomic mass is 10.1. The van der Waals surface area contributed by atoms with Gasteiger partial charge in [-0.05, 0) is 30.3 Å². The zero-order chi connectivity index (χ0) is 19.9. The lowest BCUT2D eigenvalue weighted by molar-refractivity contribution is 0.0959. The Morgan fingerprint density at radius 3 is 2.61 bits per heavy atom. The quantitative estimate of drug-likeness (QED) is 0.619. The number of nitrogens with one attached hydrogen (secondary N) is 2. The molecule has 0 saturated carbocycles. The number of carbonyl (C=O) groups is 2. The number of rotatable bonds is 7. The summed E-state index contributed by atoms with van der Waals surface area (Å²) in [6, 6.07) is 14.7. The van der Waals surface area contributed by atoms with Gasteiger partial charge < -0.3 is 19.6 Å². The number of para-hydroxylation sites is 1. The van der Waals surface area contributed by atoms with Gasteiger partial charge in [0.25, 0.3) is 17.4 Å². The number of amides is 2. The number of hydrogen-bond donors (Lipinski definition) is 2. The summed E-state index contributed by atoms with van der Waals surface area (Å²) in [5, 5.41) is 5.36. The summed E-state index contributed by atoms with van der Waals surface area (Å²) in [6.07, 6.45) is 3.21. The van der Waals surface area contributed by atoms with Crippen LogP contribution >= 0.6 is 0 Å². The number of benzene rings is 1. The SMILES string of the molecule is C=CCNC(=O)c1ccccc1NC(=O)c1ccc(Cn2ccccc2=O)o1. The molecule has 2 heterocycles. The Morgan fingerprint density at radius 1 is 1.04 bits per heavy atom. The van der Waals surface area contributed by atoms with Crippen LogP contribution in [0.25, 0.3) is 0 Å². The van der Waals surface area contributed by atoms with Crippen molar-refractivity contribution in [3.63, 3.8) is 0 Å². The molecule has 0 atom stereocenters. The van der Waals surface area contributed by atoms with Gasteiger partial charge in [-0.1, -0.05) is 24.3 Å². The van der Waals surface area contributed by atoms with E-state index in [4.69, 9.17) is 4.42 Å². The van der Waals surface area contributed by atoms with E-state index >= 15 is 0 Å². The molecule has 7 heteroatoms. The first-order valence-electron chi connectivity index (χ1n) is 8.62. The van der Waals surface area contributed by atoms with Crippen LogP contribution in [0, 0.1) is 0 Å². The van der Waals surface area contributed by atoms with E-state index < -0.39 is 5.91 Å². The van der Waals surface area contributed by atoms with Crippen molar-refractivity contribution in [3.05, 3.63) is 101 Å². The normalized spacial score (nSPS) is 10.3. The number of hydrogen-bond acceptors (Lipinski definition) is 4. The van der Waals surface area contributed by atoms with Crippen molar-refractivity contribution in [3.8, 4) is 0 Å². The van der Waals surface area contributed by atoms with Gasteiger partial charge in [0.2, 0.25) is 0 Å². The molecule has 0 aliphatic rings. The minimum Gasteiger partial charge on any atom is -0.454 e. The highest BCUT2D eigenvalue weighted by molar-refractivity contribution is 6.07. The summed E-state index contributed by atoms with van der Waals surface area (Å²) in [6.45, 7) is 4.09. The third-order valence-corrected chi connectivity index (χ3v) is 3.94. The number of pyridine rings is 1. The maximum Gasteiger partial charge on any atom is 0.291 e. The van der Waals surface area contributed by atoms with E-state index in [1.54, 1.807) is 54.7 Å². The molecule has 3 rings (SSSR count). The van der Waals surface area contributed by atoms with Gasteiger partial charge in [0.15, 0.2) is 5.76 Å². The minimum absolute atomic E-state index is 0.0836. The molecule has 0 saturated heterocycles. The Balaban J connectivity index is 1.73. The van der Waals surface area contributed by atoms with E-state index in [0.717, 1.165) is 0 Å². The highest BCUT2D eigenvalue weighted by atomic mass is 16.4. The molecular formula is C21H19N3O4. The van der Waals surface area contributed by atoms with Crippen LogP contribution in [0.3, 0.4) is 0 Å². The monoisotopic (exact) mass is 377 g/mol. The Bertz CT molecular complexity index is 1070. The predicted octanol–water partition coefficient (Wildman–Crippen LogP) is 2.66. The van der Waals surface area contributed by atoms with E-state index in [1.807, 2.05) is 0 Å². The maximum atomic E-state index is 12.5. The number of aromatic nitrogens is 1. The molecule has 7 nitrogen and oxygen atoms in total. The Morgan fingerprint density at radius 2 is 1.82 bits per heavy atom. The first kappa shape index (κ1) is 18.9. The molecule has 0 aliphatic heterocycles. The van der Waals surface area contributed by atoms with Crippen LogP contribution < -0.4 is 16.2 Å². The highest BCUT2D eigenvalue weighted by Gasteiger charge is 2.16. The van der Waals surface area contributed by atoms with Crippen LogP contribution in [-0.2, 0) is 6.54 Å². The number of anilines is 1. The summed E-state index contributed by atoms with van der Waals surface area (Å²) in [5.41, 5.74) is 0.538. The molecule has 0 bridgehead atoms. The molecule has 0 unspecified atom stereocenters. The second-order valence-electron chi connectivity index (χ2n) is 5.93. The van der Waals surface area contributed by atoms with Gasteiger partial charge in [0, 0.05) is 18.8 Å². The van der Waals surface area contributed by atoms with E-state index in [0.29, 0.717) is 23.6 Å². The number of carbonyl (C=O) groups excluding carboxylic acids is 2. The molecule has 0 radical (unpaired) electrons. The molecule has 142 valence electrons. The minimum atomic E-state index is -0.490. The highest BCUT2D eigenvalue weighted by Crippen LogP contribution is 2.17. The Labute approximate surface area is 161 Å². The van der Waals surface area contributed by atoms with Gasteiger partial charge in [-0.15, -0.1) is 6.58 Å². The standard InChI is InChI=1S/C21H19N3O4/c1-2-12-22-20(26)16-7-3-4-8-17(16)23-21(27)18-11-10-15(28-18)14-24-13-6-5-9-19(24)25/h2-11,13H,1,12,14H2,(H,22,26)(H,23,27). The summed E-state index contributed by atoms with van der Waals surface area (Å²) >= 11 is 0. The van der Waals surface area contributed by atoms with Gasteiger partial charge in [-0.25, -0.2) is 0 Å². The molecule has 3 aromatic rings. The van der Waals surface area contributed by atoms with Crippen LogP contribution in [-0.4, -0.2) is 22.9 Å². The van der Waals surface area contributed by atoms with Gasteiger partial charge in [0.05, 0.1) is 17.8 Å². The molecule has 2 N–H and O–H groups in total. The fourth-order valence-electron chi connectivity index (χ4n) is 2.58. The van der Waals surface area contributed by atoms with Crippen molar-refractivity contribution in [1.29, 1.82) is 0 Å². The van der Waals surface area contributed by atoms with Crippen LogP contribution in [0.5, 0.6) is 0 Å². The summed E-state index contributed by atoms with van der Waals surface area (Å²) < 4.78 is 7.03. The molecule has 2 amide bonds. The predicted molar refractivity (Wildman–Crippen MR) is 105 cm³/mol. The molecule has 0 aliphatic carbocycles. The van der Waals surface area contributed by atoms with E-state index in [1.165, 1.54) is 16.7 Å². The zero-order valence-corrected chi connectivity index (χ0v) is 15.1. The van der Waals surface area contributed by atoms with Crippen LogP contribution in [0.2, 0.25) is 0 Å². The van der Waals surface area contributed by atoms with Crippen molar-refractivity contribution in [2.45, 2.75) is 6.54 Å². The van der Waals surface area contributed by atoms with Gasteiger partial charge in [-0.2, -0.15) is 0 Å². The third kappa shape index (κ3) is 4.45. The average Bonchev–Trinajstić information content (AvgIpc) is 3.17. The average molecular weight is 377 g/mol. The maximum absolute atomic E-state index is 12.5. The number of furan rings is 1.